The maximum Gasteiger partial charge on any atom is 0.573 e. The molecule has 1 saturated carbocycles. The van der Waals surface area contributed by atoms with E-state index in [0.29, 0.717) is 17.7 Å². The third-order valence-electron chi connectivity index (χ3n) is 5.47. The smallest absolute Gasteiger partial charge is 0.405 e. The van der Waals surface area contributed by atoms with E-state index in [1.54, 1.807) is 12.1 Å². The number of carbonyl (C=O) groups excluding carboxylic acids is 1. The van der Waals surface area contributed by atoms with E-state index < -0.39 is 6.36 Å². The predicted molar refractivity (Wildman–Crippen MR) is 98.6 cm³/mol. The SMILES string of the molecule is Nc1ccc2c(c1)CCCC2NC(=O)C1CC1c1ccccc1OC(F)(F)F. The largest absolute Gasteiger partial charge is 0.573 e. The first kappa shape index (κ1) is 18.7. The Morgan fingerprint density at radius 2 is 1.93 bits per heavy atom. The number of rotatable bonds is 4. The highest BCUT2D eigenvalue weighted by Gasteiger charge is 2.46. The fraction of sp³-hybridized carbons (Fsp3) is 0.381. The molecule has 0 aromatic heterocycles. The number of nitrogens with one attached hydrogen (secondary N) is 1. The van der Waals surface area contributed by atoms with Crippen LogP contribution in [0.25, 0.3) is 0 Å². The van der Waals surface area contributed by atoms with E-state index >= 15 is 0 Å². The van der Waals surface area contributed by atoms with E-state index in [4.69, 9.17) is 5.73 Å². The summed E-state index contributed by atoms with van der Waals surface area (Å²) in [6, 6.07) is 11.7. The lowest BCUT2D eigenvalue weighted by atomic mass is 9.87. The van der Waals surface area contributed by atoms with Crippen LogP contribution in [0.1, 0.15) is 47.9 Å². The molecule has 0 saturated heterocycles. The first-order chi connectivity index (χ1) is 13.3. The molecule has 148 valence electrons. The molecular weight excluding hydrogens is 369 g/mol. The summed E-state index contributed by atoms with van der Waals surface area (Å²) in [6.07, 6.45) is -1.51. The van der Waals surface area contributed by atoms with Gasteiger partial charge in [0.15, 0.2) is 0 Å². The number of fused-ring (bicyclic) bond motifs is 1. The van der Waals surface area contributed by atoms with Crippen LogP contribution in [0.3, 0.4) is 0 Å². The number of nitrogens with two attached hydrogens (primary N) is 1. The second-order valence-corrected chi connectivity index (χ2v) is 7.45. The van der Waals surface area contributed by atoms with Gasteiger partial charge in [0.2, 0.25) is 5.91 Å². The maximum atomic E-state index is 12.7. The molecule has 0 bridgehead atoms. The molecule has 0 heterocycles. The van der Waals surface area contributed by atoms with Crippen molar-refractivity contribution in [3.8, 4) is 5.75 Å². The molecule has 1 fully saturated rings. The summed E-state index contributed by atoms with van der Waals surface area (Å²) >= 11 is 0. The highest BCUT2D eigenvalue weighted by Crippen LogP contribution is 2.51. The van der Waals surface area contributed by atoms with Gasteiger partial charge in [0, 0.05) is 11.6 Å². The molecule has 0 spiro atoms. The first-order valence-corrected chi connectivity index (χ1v) is 9.35. The van der Waals surface area contributed by atoms with E-state index in [-0.39, 0.29) is 29.5 Å². The highest BCUT2D eigenvalue weighted by atomic mass is 19.4. The van der Waals surface area contributed by atoms with Crippen LogP contribution in [-0.4, -0.2) is 12.3 Å². The molecule has 28 heavy (non-hydrogen) atoms. The lowest BCUT2D eigenvalue weighted by Gasteiger charge is -2.27. The van der Waals surface area contributed by atoms with Crippen LogP contribution in [0.2, 0.25) is 0 Å². The van der Waals surface area contributed by atoms with Crippen LogP contribution in [0, 0.1) is 5.92 Å². The molecule has 3 atom stereocenters. The molecule has 3 N–H and O–H groups in total. The number of halogens is 3. The number of anilines is 1. The number of ether oxygens (including phenoxy) is 1. The van der Waals surface area contributed by atoms with Gasteiger partial charge in [-0.2, -0.15) is 0 Å². The number of benzene rings is 2. The first-order valence-electron chi connectivity index (χ1n) is 9.35. The molecule has 0 aliphatic heterocycles. The van der Waals surface area contributed by atoms with Gasteiger partial charge in [-0.3, -0.25) is 4.79 Å². The lowest BCUT2D eigenvalue weighted by molar-refractivity contribution is -0.274. The third kappa shape index (κ3) is 3.93. The molecule has 0 radical (unpaired) electrons. The Hall–Kier alpha value is -2.70. The van der Waals surface area contributed by atoms with Crippen molar-refractivity contribution in [3.63, 3.8) is 0 Å². The maximum absolute atomic E-state index is 12.7. The Morgan fingerprint density at radius 1 is 1.14 bits per heavy atom. The standard InChI is InChI=1S/C21H21F3N2O2/c22-21(23,24)28-19-7-2-1-5-15(19)16-11-17(16)20(27)26-18-6-3-4-12-10-13(25)8-9-14(12)18/h1-2,5,7-10,16-18H,3-4,6,11,25H2,(H,26,27). The van der Waals surface area contributed by atoms with Crippen LogP contribution >= 0.6 is 0 Å². The molecule has 7 heteroatoms. The number of para-hydroxylation sites is 1. The van der Waals surface area contributed by atoms with Crippen molar-refractivity contribution in [1.82, 2.24) is 5.32 Å². The molecular formula is C21H21F3N2O2. The summed E-state index contributed by atoms with van der Waals surface area (Å²) in [5.74, 6) is -0.944. The average Bonchev–Trinajstić information content (AvgIpc) is 3.41. The molecule has 3 unspecified atom stereocenters. The van der Waals surface area contributed by atoms with Crippen molar-refractivity contribution in [2.24, 2.45) is 5.92 Å². The molecule has 2 aromatic rings. The number of alkyl halides is 3. The Bertz CT molecular complexity index is 897. The van der Waals surface area contributed by atoms with Crippen LogP contribution in [0.4, 0.5) is 18.9 Å². The Labute approximate surface area is 160 Å². The van der Waals surface area contributed by atoms with Gasteiger partial charge in [-0.1, -0.05) is 24.3 Å². The van der Waals surface area contributed by atoms with Gasteiger partial charge in [-0.05, 0) is 66.5 Å². The van der Waals surface area contributed by atoms with Crippen LogP contribution in [-0.2, 0) is 11.2 Å². The quantitative estimate of drug-likeness (QED) is 0.758. The summed E-state index contributed by atoms with van der Waals surface area (Å²) in [4.78, 5) is 12.7. The Balaban J connectivity index is 1.45. The minimum absolute atomic E-state index is 0.0835. The van der Waals surface area contributed by atoms with Crippen molar-refractivity contribution in [1.29, 1.82) is 0 Å². The van der Waals surface area contributed by atoms with Crippen molar-refractivity contribution < 1.29 is 22.7 Å². The van der Waals surface area contributed by atoms with Crippen molar-refractivity contribution in [2.45, 2.75) is 44.0 Å². The van der Waals surface area contributed by atoms with Gasteiger partial charge < -0.3 is 15.8 Å². The molecule has 1 amide bonds. The summed E-state index contributed by atoms with van der Waals surface area (Å²) in [7, 11) is 0. The van der Waals surface area contributed by atoms with E-state index in [0.717, 1.165) is 30.4 Å². The second kappa shape index (κ2) is 7.04. The van der Waals surface area contributed by atoms with Gasteiger partial charge >= 0.3 is 6.36 Å². The normalized spacial score (nSPS) is 23.6. The molecule has 2 aliphatic rings. The van der Waals surface area contributed by atoms with Gasteiger partial charge in [-0.15, -0.1) is 13.2 Å². The monoisotopic (exact) mass is 390 g/mol. The van der Waals surface area contributed by atoms with Gasteiger partial charge in [-0.25, -0.2) is 0 Å². The van der Waals surface area contributed by atoms with E-state index in [9.17, 15) is 18.0 Å². The predicted octanol–water partition coefficient (Wildman–Crippen LogP) is 4.46. The fourth-order valence-corrected chi connectivity index (χ4v) is 4.10. The zero-order chi connectivity index (χ0) is 19.9. The van der Waals surface area contributed by atoms with Gasteiger partial charge in [0.05, 0.1) is 6.04 Å². The van der Waals surface area contributed by atoms with Gasteiger partial charge in [0.1, 0.15) is 5.75 Å². The molecule has 4 nitrogen and oxygen atoms in total. The number of hydrogen-bond acceptors (Lipinski definition) is 3. The average molecular weight is 390 g/mol. The van der Waals surface area contributed by atoms with E-state index in [1.807, 2.05) is 18.2 Å². The topological polar surface area (TPSA) is 64.3 Å². The summed E-state index contributed by atoms with van der Waals surface area (Å²) in [6.45, 7) is 0. The minimum atomic E-state index is -4.75. The zero-order valence-corrected chi connectivity index (χ0v) is 15.1. The van der Waals surface area contributed by atoms with Crippen LogP contribution in [0.5, 0.6) is 5.75 Å². The Kier molecular flexibility index (Phi) is 4.69. The summed E-state index contributed by atoms with van der Waals surface area (Å²) in [5, 5.41) is 3.08. The fourth-order valence-electron chi connectivity index (χ4n) is 4.10. The highest BCUT2D eigenvalue weighted by molar-refractivity contribution is 5.83. The van der Waals surface area contributed by atoms with Crippen LogP contribution in [0.15, 0.2) is 42.5 Å². The lowest BCUT2D eigenvalue weighted by Crippen LogP contribution is -2.32. The molecule has 4 rings (SSSR count). The van der Waals surface area contributed by atoms with Crippen molar-refractivity contribution >= 4 is 11.6 Å². The van der Waals surface area contributed by atoms with Crippen LogP contribution < -0.4 is 15.8 Å². The number of amides is 1. The number of aryl methyl sites for hydroxylation is 1. The third-order valence-corrected chi connectivity index (χ3v) is 5.47. The zero-order valence-electron chi connectivity index (χ0n) is 15.1. The summed E-state index contributed by atoms with van der Waals surface area (Å²) < 4.78 is 42.0. The number of carbonyl (C=O) groups is 1. The van der Waals surface area contributed by atoms with E-state index in [1.165, 1.54) is 12.1 Å². The molecule has 2 aromatic carbocycles. The second-order valence-electron chi connectivity index (χ2n) is 7.45. The summed E-state index contributed by atoms with van der Waals surface area (Å²) in [5.41, 5.74) is 9.20. The number of nitrogen functional groups attached to an aromatic ring is 1. The van der Waals surface area contributed by atoms with Crippen molar-refractivity contribution in [3.05, 3.63) is 59.2 Å². The minimum Gasteiger partial charge on any atom is -0.405 e. The van der Waals surface area contributed by atoms with E-state index in [2.05, 4.69) is 10.1 Å². The van der Waals surface area contributed by atoms with Gasteiger partial charge in [0.25, 0.3) is 0 Å². The number of hydrogen-bond donors (Lipinski definition) is 2. The molecule has 2 aliphatic carbocycles. The van der Waals surface area contributed by atoms with Crippen molar-refractivity contribution in [2.75, 3.05) is 5.73 Å². The Morgan fingerprint density at radius 3 is 2.71 bits per heavy atom.